The molecule has 0 saturated heterocycles. The highest BCUT2D eigenvalue weighted by atomic mass is 35.5. The molecule has 0 radical (unpaired) electrons. The highest BCUT2D eigenvalue weighted by Crippen LogP contribution is 2.36. The monoisotopic (exact) mass is 398 g/mol. The lowest BCUT2D eigenvalue weighted by atomic mass is 9.81. The smallest absolute Gasteiger partial charge is 0.331 e. The predicted molar refractivity (Wildman–Crippen MR) is 100 cm³/mol. The van der Waals surface area contributed by atoms with E-state index in [0.29, 0.717) is 27.7 Å². The van der Waals surface area contributed by atoms with Gasteiger partial charge in [0.25, 0.3) is 5.91 Å². The van der Waals surface area contributed by atoms with Gasteiger partial charge < -0.3 is 10.1 Å². The SMILES string of the molecule is COC(=O)C1(NC(=O)c2sc(-c3ccc(Cl)s3)nc2C)CCCCC1. The fourth-order valence-electron chi connectivity index (χ4n) is 3.15. The Bertz CT molecular complexity index is 794. The molecule has 1 fully saturated rings. The number of hydrogen-bond acceptors (Lipinski definition) is 6. The number of thiophene rings is 1. The molecule has 0 unspecified atom stereocenters. The van der Waals surface area contributed by atoms with Gasteiger partial charge in [-0.05, 0) is 31.9 Å². The minimum atomic E-state index is -0.924. The number of nitrogens with zero attached hydrogens (tertiary/aromatic N) is 1. The van der Waals surface area contributed by atoms with E-state index in [1.807, 2.05) is 12.1 Å². The Morgan fingerprint density at radius 2 is 1.96 bits per heavy atom. The standard InChI is InChI=1S/C17H19ClN2O3S2/c1-10-13(25-15(19-10)11-6-7-12(18)24-11)14(21)20-17(16(22)23-2)8-4-3-5-9-17/h6-7H,3-5,8-9H2,1-2H3,(H,20,21). The molecule has 2 heterocycles. The third-order valence-electron chi connectivity index (χ3n) is 4.42. The Labute approximate surface area is 159 Å². The average Bonchev–Trinajstić information content (AvgIpc) is 3.20. The fraction of sp³-hybridized carbons (Fsp3) is 0.471. The Kier molecular flexibility index (Phi) is 5.46. The van der Waals surface area contributed by atoms with Crippen molar-refractivity contribution in [1.82, 2.24) is 10.3 Å². The highest BCUT2D eigenvalue weighted by molar-refractivity contribution is 7.24. The van der Waals surface area contributed by atoms with Gasteiger partial charge in [-0.25, -0.2) is 9.78 Å². The second kappa shape index (κ2) is 7.43. The van der Waals surface area contributed by atoms with E-state index in [2.05, 4.69) is 10.3 Å². The molecular weight excluding hydrogens is 380 g/mol. The highest BCUT2D eigenvalue weighted by Gasteiger charge is 2.42. The molecule has 1 amide bonds. The van der Waals surface area contributed by atoms with Gasteiger partial charge in [-0.1, -0.05) is 30.9 Å². The zero-order valence-corrected chi connectivity index (χ0v) is 16.4. The Balaban J connectivity index is 1.85. The van der Waals surface area contributed by atoms with Crippen LogP contribution in [0.25, 0.3) is 9.88 Å². The number of rotatable bonds is 4. The molecule has 0 bridgehead atoms. The number of carbonyl (C=O) groups is 2. The summed E-state index contributed by atoms with van der Waals surface area (Å²) in [6.45, 7) is 1.80. The van der Waals surface area contributed by atoms with Crippen LogP contribution in [0.4, 0.5) is 0 Å². The van der Waals surface area contributed by atoms with Gasteiger partial charge in [-0.15, -0.1) is 22.7 Å². The molecule has 3 rings (SSSR count). The van der Waals surface area contributed by atoms with Gasteiger partial charge in [-0.3, -0.25) is 4.79 Å². The summed E-state index contributed by atoms with van der Waals surface area (Å²) in [5, 5.41) is 3.70. The molecule has 1 N–H and O–H groups in total. The second-order valence-electron chi connectivity index (χ2n) is 6.13. The summed E-state index contributed by atoms with van der Waals surface area (Å²) in [4.78, 5) is 31.1. The van der Waals surface area contributed by atoms with Crippen LogP contribution in [0.3, 0.4) is 0 Å². The molecule has 0 aliphatic heterocycles. The van der Waals surface area contributed by atoms with Crippen LogP contribution in [0.1, 0.15) is 47.5 Å². The second-order valence-corrected chi connectivity index (χ2v) is 8.84. The van der Waals surface area contributed by atoms with Crippen LogP contribution >= 0.6 is 34.3 Å². The van der Waals surface area contributed by atoms with Crippen molar-refractivity contribution in [2.24, 2.45) is 0 Å². The number of methoxy groups -OCH3 is 1. The van der Waals surface area contributed by atoms with E-state index in [1.165, 1.54) is 29.8 Å². The summed E-state index contributed by atoms with van der Waals surface area (Å²) in [6.07, 6.45) is 4.08. The van der Waals surface area contributed by atoms with Gasteiger partial charge in [0.2, 0.25) is 0 Å². The molecule has 5 nitrogen and oxygen atoms in total. The maximum atomic E-state index is 12.8. The van der Waals surface area contributed by atoms with Crippen molar-refractivity contribution in [2.75, 3.05) is 7.11 Å². The van der Waals surface area contributed by atoms with E-state index in [9.17, 15) is 9.59 Å². The first-order valence-electron chi connectivity index (χ1n) is 8.09. The van der Waals surface area contributed by atoms with Crippen LogP contribution < -0.4 is 5.32 Å². The number of nitrogens with one attached hydrogen (secondary N) is 1. The molecule has 134 valence electrons. The average molecular weight is 399 g/mol. The Hall–Kier alpha value is -1.44. The molecule has 2 aromatic heterocycles. The molecule has 1 aliphatic rings. The zero-order chi connectivity index (χ0) is 18.0. The lowest BCUT2D eigenvalue weighted by molar-refractivity contribution is -0.149. The molecule has 8 heteroatoms. The van der Waals surface area contributed by atoms with Crippen LogP contribution in [0.15, 0.2) is 12.1 Å². The summed E-state index contributed by atoms with van der Waals surface area (Å²) >= 11 is 8.72. The number of esters is 1. The molecule has 1 aliphatic carbocycles. The Morgan fingerprint density at radius 1 is 1.24 bits per heavy atom. The predicted octanol–water partition coefficient (Wildman–Crippen LogP) is 4.44. The van der Waals surface area contributed by atoms with Gasteiger partial charge in [0.15, 0.2) is 0 Å². The number of amides is 1. The van der Waals surface area contributed by atoms with Crippen LogP contribution in [0.2, 0.25) is 4.34 Å². The van der Waals surface area contributed by atoms with Gasteiger partial charge in [0, 0.05) is 0 Å². The normalized spacial score (nSPS) is 16.4. The number of hydrogen-bond donors (Lipinski definition) is 1. The molecule has 0 atom stereocenters. The lowest BCUT2D eigenvalue weighted by Gasteiger charge is -2.35. The maximum Gasteiger partial charge on any atom is 0.331 e. The lowest BCUT2D eigenvalue weighted by Crippen LogP contribution is -2.56. The van der Waals surface area contributed by atoms with Crippen LogP contribution in [-0.4, -0.2) is 29.5 Å². The number of thiazole rings is 1. The van der Waals surface area contributed by atoms with Gasteiger partial charge in [0.05, 0.1) is 22.0 Å². The van der Waals surface area contributed by atoms with E-state index >= 15 is 0 Å². The number of aromatic nitrogens is 1. The van der Waals surface area contributed by atoms with E-state index in [-0.39, 0.29) is 11.9 Å². The molecule has 1 saturated carbocycles. The molecule has 0 spiro atoms. The van der Waals surface area contributed by atoms with Gasteiger partial charge in [-0.2, -0.15) is 0 Å². The molecule has 2 aromatic rings. The van der Waals surface area contributed by atoms with Crippen molar-refractivity contribution in [3.05, 3.63) is 27.0 Å². The largest absolute Gasteiger partial charge is 0.467 e. The number of carbonyl (C=O) groups excluding carboxylic acids is 2. The third-order valence-corrected chi connectivity index (χ3v) is 6.98. The Morgan fingerprint density at radius 3 is 2.56 bits per heavy atom. The summed E-state index contributed by atoms with van der Waals surface area (Å²) < 4.78 is 5.64. The van der Waals surface area contributed by atoms with E-state index in [4.69, 9.17) is 16.3 Å². The van der Waals surface area contributed by atoms with E-state index in [0.717, 1.165) is 29.1 Å². The first kappa shape index (κ1) is 18.4. The molecule has 0 aromatic carbocycles. The van der Waals surface area contributed by atoms with Crippen LogP contribution in [0, 0.1) is 6.92 Å². The summed E-state index contributed by atoms with van der Waals surface area (Å²) in [6, 6.07) is 3.70. The first-order valence-corrected chi connectivity index (χ1v) is 10.1. The quantitative estimate of drug-likeness (QED) is 0.773. The molecular formula is C17H19ClN2O3S2. The van der Waals surface area contributed by atoms with Crippen molar-refractivity contribution < 1.29 is 14.3 Å². The zero-order valence-electron chi connectivity index (χ0n) is 14.1. The van der Waals surface area contributed by atoms with E-state index < -0.39 is 5.54 Å². The van der Waals surface area contributed by atoms with Crippen molar-refractivity contribution in [3.8, 4) is 9.88 Å². The molecule has 25 heavy (non-hydrogen) atoms. The minimum absolute atomic E-state index is 0.267. The van der Waals surface area contributed by atoms with E-state index in [1.54, 1.807) is 6.92 Å². The number of ether oxygens (including phenoxy) is 1. The van der Waals surface area contributed by atoms with Crippen LogP contribution in [-0.2, 0) is 9.53 Å². The van der Waals surface area contributed by atoms with Crippen molar-refractivity contribution in [3.63, 3.8) is 0 Å². The minimum Gasteiger partial charge on any atom is -0.467 e. The topological polar surface area (TPSA) is 68.3 Å². The van der Waals surface area contributed by atoms with Crippen molar-refractivity contribution in [1.29, 1.82) is 0 Å². The van der Waals surface area contributed by atoms with Gasteiger partial charge in [0.1, 0.15) is 15.4 Å². The number of halogens is 1. The van der Waals surface area contributed by atoms with Crippen molar-refractivity contribution in [2.45, 2.75) is 44.6 Å². The summed E-state index contributed by atoms with van der Waals surface area (Å²) in [5.41, 5.74) is -0.273. The van der Waals surface area contributed by atoms with Gasteiger partial charge >= 0.3 is 5.97 Å². The van der Waals surface area contributed by atoms with Crippen LogP contribution in [0.5, 0.6) is 0 Å². The fourth-order valence-corrected chi connectivity index (χ4v) is 5.21. The maximum absolute atomic E-state index is 12.8. The summed E-state index contributed by atoms with van der Waals surface area (Å²) in [7, 11) is 1.36. The van der Waals surface area contributed by atoms with Crippen molar-refractivity contribution >= 4 is 46.2 Å². The first-order chi connectivity index (χ1) is 11.9. The third kappa shape index (κ3) is 3.73. The number of aryl methyl sites for hydroxylation is 1. The summed E-state index contributed by atoms with van der Waals surface area (Å²) in [5.74, 6) is -0.635.